The van der Waals surface area contributed by atoms with Crippen LogP contribution in [0, 0.1) is 0 Å². The Morgan fingerprint density at radius 1 is 1.22 bits per heavy atom. The molecule has 144 valence electrons. The molecule has 0 spiro atoms. The fraction of sp³-hybridized carbons (Fsp3) is 0.400. The highest BCUT2D eigenvalue weighted by Crippen LogP contribution is 2.12. The number of carboxylic acid groups (broad SMARTS) is 1. The molecule has 0 saturated carbocycles. The van der Waals surface area contributed by atoms with Gasteiger partial charge in [0.15, 0.2) is 5.82 Å². The minimum atomic E-state index is -1.03. The molecule has 0 aliphatic rings. The normalized spacial score (nSPS) is 10.6. The van der Waals surface area contributed by atoms with E-state index in [-0.39, 0.29) is 30.9 Å². The number of nitrogens with zero attached hydrogens (tertiary/aromatic N) is 2. The zero-order valence-corrected chi connectivity index (χ0v) is 15.4. The zero-order valence-electron chi connectivity index (χ0n) is 15.4. The Labute approximate surface area is 158 Å². The van der Waals surface area contributed by atoms with E-state index in [4.69, 9.17) is 14.4 Å². The van der Waals surface area contributed by atoms with Gasteiger partial charge in [0, 0.05) is 12.0 Å². The van der Waals surface area contributed by atoms with Gasteiger partial charge in [0.25, 0.3) is 0 Å². The molecule has 7 nitrogen and oxygen atoms in total. The molecular weight excluding hydrogens is 348 g/mol. The lowest BCUT2D eigenvalue weighted by Gasteiger charge is -2.03. The molecule has 2 rings (SSSR count). The summed E-state index contributed by atoms with van der Waals surface area (Å²) in [7, 11) is 0. The number of esters is 1. The Morgan fingerprint density at radius 2 is 1.93 bits per heavy atom. The third-order valence-electron chi connectivity index (χ3n) is 3.92. The van der Waals surface area contributed by atoms with Crippen LogP contribution in [0.25, 0.3) is 0 Å². The third kappa shape index (κ3) is 7.05. The molecule has 1 heterocycles. The smallest absolute Gasteiger partial charge is 0.333 e. The van der Waals surface area contributed by atoms with Gasteiger partial charge >= 0.3 is 11.9 Å². The third-order valence-corrected chi connectivity index (χ3v) is 3.92. The fourth-order valence-electron chi connectivity index (χ4n) is 2.41. The molecular formula is C20H24N2O5. The first-order valence-corrected chi connectivity index (χ1v) is 8.94. The van der Waals surface area contributed by atoms with Crippen LogP contribution in [0.15, 0.2) is 40.9 Å². The van der Waals surface area contributed by atoms with Gasteiger partial charge < -0.3 is 14.4 Å². The van der Waals surface area contributed by atoms with Crippen LogP contribution >= 0.6 is 0 Å². The number of aliphatic carboxylic acids is 1. The molecule has 1 aromatic heterocycles. The van der Waals surface area contributed by atoms with Crippen LogP contribution in [0.2, 0.25) is 0 Å². The van der Waals surface area contributed by atoms with E-state index in [1.54, 1.807) is 0 Å². The van der Waals surface area contributed by atoms with Crippen LogP contribution in [0.5, 0.6) is 0 Å². The maximum atomic E-state index is 11.7. The van der Waals surface area contributed by atoms with E-state index in [1.165, 1.54) is 18.4 Å². The van der Waals surface area contributed by atoms with Gasteiger partial charge in [-0.2, -0.15) is 4.98 Å². The number of carboxylic acids is 1. The number of aryl methyl sites for hydroxylation is 1. The molecule has 0 amide bonds. The predicted molar refractivity (Wildman–Crippen MR) is 98.2 cm³/mol. The Bertz CT molecular complexity index is 780. The fourth-order valence-corrected chi connectivity index (χ4v) is 2.41. The summed E-state index contributed by atoms with van der Waals surface area (Å²) in [5.74, 6) is -0.907. The summed E-state index contributed by atoms with van der Waals surface area (Å²) in [5.41, 5.74) is 2.53. The lowest BCUT2D eigenvalue weighted by molar-refractivity contribution is -0.143. The monoisotopic (exact) mass is 372 g/mol. The van der Waals surface area contributed by atoms with Gasteiger partial charge in [0.1, 0.15) is 6.61 Å². The highest BCUT2D eigenvalue weighted by Gasteiger charge is 2.15. The van der Waals surface area contributed by atoms with E-state index in [2.05, 4.69) is 47.9 Å². The van der Waals surface area contributed by atoms with E-state index in [9.17, 15) is 9.59 Å². The summed E-state index contributed by atoms with van der Waals surface area (Å²) in [4.78, 5) is 26.4. The number of hydrogen-bond donors (Lipinski definition) is 1. The van der Waals surface area contributed by atoms with Crippen molar-refractivity contribution in [3.8, 4) is 0 Å². The first-order chi connectivity index (χ1) is 13.0. The number of benzene rings is 1. The molecule has 0 bridgehead atoms. The number of carbonyl (C=O) groups is 2. The van der Waals surface area contributed by atoms with Crippen LogP contribution in [-0.2, 0) is 33.6 Å². The topological polar surface area (TPSA) is 103 Å². The van der Waals surface area contributed by atoms with E-state index in [1.807, 2.05) is 0 Å². The van der Waals surface area contributed by atoms with Crippen molar-refractivity contribution >= 4 is 11.9 Å². The molecule has 0 saturated heterocycles. The molecule has 7 heteroatoms. The SMILES string of the molecule is C=C(Cc1nc(Cc2ccc(CCCC)cc2)no1)C(=O)OCCC(=O)O. The Morgan fingerprint density at radius 3 is 2.59 bits per heavy atom. The molecule has 1 N–H and O–H groups in total. The predicted octanol–water partition coefficient (Wildman–Crippen LogP) is 3.12. The van der Waals surface area contributed by atoms with Crippen molar-refractivity contribution in [3.05, 3.63) is 59.3 Å². The van der Waals surface area contributed by atoms with E-state index in [0.29, 0.717) is 12.2 Å². The average Bonchev–Trinajstić information content (AvgIpc) is 3.07. The van der Waals surface area contributed by atoms with Gasteiger partial charge in [-0.3, -0.25) is 4.79 Å². The molecule has 27 heavy (non-hydrogen) atoms. The second-order valence-corrected chi connectivity index (χ2v) is 6.26. The lowest BCUT2D eigenvalue weighted by Crippen LogP contribution is -2.12. The van der Waals surface area contributed by atoms with Gasteiger partial charge in [-0.05, 0) is 24.0 Å². The van der Waals surface area contributed by atoms with E-state index < -0.39 is 11.9 Å². The second kappa shape index (κ2) is 10.3. The Kier molecular flexibility index (Phi) is 7.73. The number of carbonyl (C=O) groups excluding carboxylic acids is 1. The summed E-state index contributed by atoms with van der Waals surface area (Å²) < 4.78 is 9.97. The van der Waals surface area contributed by atoms with Gasteiger partial charge in [-0.15, -0.1) is 0 Å². The largest absolute Gasteiger partial charge is 0.481 e. The van der Waals surface area contributed by atoms with Gasteiger partial charge in [-0.1, -0.05) is 49.3 Å². The molecule has 0 aliphatic carbocycles. The molecule has 2 aromatic rings. The van der Waals surface area contributed by atoms with Crippen molar-refractivity contribution < 1.29 is 24.0 Å². The minimum absolute atomic E-state index is 0.0643. The highest BCUT2D eigenvalue weighted by molar-refractivity contribution is 5.88. The molecule has 1 aromatic carbocycles. The summed E-state index contributed by atoms with van der Waals surface area (Å²) in [6, 6.07) is 8.33. The quantitative estimate of drug-likeness (QED) is 0.477. The number of rotatable bonds is 11. The Balaban J connectivity index is 1.84. The standard InChI is InChI=1S/C20H24N2O5/c1-3-4-5-15-6-8-16(9-7-15)13-17-21-18(27-22-17)12-14(2)20(25)26-11-10-19(23)24/h6-9H,2-5,10-13H2,1H3,(H,23,24). The van der Waals surface area contributed by atoms with Crippen LogP contribution in [0.1, 0.15) is 49.0 Å². The first-order valence-electron chi connectivity index (χ1n) is 8.94. The van der Waals surface area contributed by atoms with Gasteiger partial charge in [-0.25, -0.2) is 4.79 Å². The first kappa shape index (κ1) is 20.4. The van der Waals surface area contributed by atoms with E-state index in [0.717, 1.165) is 12.0 Å². The van der Waals surface area contributed by atoms with Crippen LogP contribution in [0.4, 0.5) is 0 Å². The van der Waals surface area contributed by atoms with Crippen LogP contribution in [-0.4, -0.2) is 33.8 Å². The van der Waals surface area contributed by atoms with Gasteiger partial charge in [0.05, 0.1) is 12.8 Å². The number of aromatic nitrogens is 2. The van der Waals surface area contributed by atoms with Crippen molar-refractivity contribution in [1.82, 2.24) is 10.1 Å². The molecule has 0 fully saturated rings. The molecule has 0 radical (unpaired) electrons. The summed E-state index contributed by atoms with van der Waals surface area (Å²) in [6.07, 6.45) is 3.78. The lowest BCUT2D eigenvalue weighted by atomic mass is 10.0. The van der Waals surface area contributed by atoms with Crippen molar-refractivity contribution in [2.24, 2.45) is 0 Å². The second-order valence-electron chi connectivity index (χ2n) is 6.26. The molecule has 0 unspecified atom stereocenters. The molecule has 0 atom stereocenters. The summed E-state index contributed by atoms with van der Waals surface area (Å²) >= 11 is 0. The maximum Gasteiger partial charge on any atom is 0.333 e. The van der Waals surface area contributed by atoms with Crippen molar-refractivity contribution in [2.75, 3.05) is 6.61 Å². The highest BCUT2D eigenvalue weighted by atomic mass is 16.5. The minimum Gasteiger partial charge on any atom is -0.481 e. The van der Waals surface area contributed by atoms with Crippen molar-refractivity contribution in [1.29, 1.82) is 0 Å². The van der Waals surface area contributed by atoms with Crippen molar-refractivity contribution in [2.45, 2.75) is 45.4 Å². The average molecular weight is 372 g/mol. The van der Waals surface area contributed by atoms with Crippen LogP contribution in [0.3, 0.4) is 0 Å². The summed E-state index contributed by atoms with van der Waals surface area (Å²) in [5, 5.41) is 12.5. The summed E-state index contributed by atoms with van der Waals surface area (Å²) in [6.45, 7) is 5.60. The van der Waals surface area contributed by atoms with Gasteiger partial charge in [0.2, 0.25) is 5.89 Å². The number of hydrogen-bond acceptors (Lipinski definition) is 6. The van der Waals surface area contributed by atoms with Crippen molar-refractivity contribution in [3.63, 3.8) is 0 Å². The Hall–Kier alpha value is -2.96. The number of unbranched alkanes of at least 4 members (excludes halogenated alkanes) is 1. The zero-order chi connectivity index (χ0) is 19.6. The number of ether oxygens (including phenoxy) is 1. The maximum absolute atomic E-state index is 11.7. The van der Waals surface area contributed by atoms with Crippen LogP contribution < -0.4 is 0 Å². The molecule has 0 aliphatic heterocycles. The van der Waals surface area contributed by atoms with E-state index >= 15 is 0 Å².